The molecule has 0 saturated heterocycles. The van der Waals surface area contributed by atoms with Crippen LogP contribution in [0.5, 0.6) is 0 Å². The second kappa shape index (κ2) is 7.19. The number of rotatable bonds is 7. The molecule has 0 radical (unpaired) electrons. The van der Waals surface area contributed by atoms with Crippen LogP contribution in [-0.4, -0.2) is 31.0 Å². The minimum Gasteiger partial charge on any atom is -0.368 e. The zero-order valence-electron chi connectivity index (χ0n) is 12.8. The average Bonchev–Trinajstić information content (AvgIpc) is 2.44. The van der Waals surface area contributed by atoms with Gasteiger partial charge in [-0.15, -0.1) is 0 Å². The predicted molar refractivity (Wildman–Crippen MR) is 79.3 cm³/mol. The third-order valence-electron chi connectivity index (χ3n) is 3.01. The van der Waals surface area contributed by atoms with Gasteiger partial charge in [-0.1, -0.05) is 6.92 Å². The highest BCUT2D eigenvalue weighted by molar-refractivity contribution is 5.82. The molecule has 0 atom stereocenters. The summed E-state index contributed by atoms with van der Waals surface area (Å²) in [4.78, 5) is 15.6. The van der Waals surface area contributed by atoms with Gasteiger partial charge in [0.15, 0.2) is 23.3 Å². The minimum absolute atomic E-state index is 0.00139. The average molecular weight is 300 g/mol. The minimum atomic E-state index is -0.790. The normalized spacial score (nSPS) is 11.1. The van der Waals surface area contributed by atoms with Gasteiger partial charge in [0.25, 0.3) is 0 Å². The van der Waals surface area contributed by atoms with Gasteiger partial charge in [-0.3, -0.25) is 4.79 Å². The number of hydrogen-bond donors (Lipinski definition) is 3. The Morgan fingerprint density at radius 1 is 1.24 bits per heavy atom. The highest BCUT2D eigenvalue weighted by atomic mass is 19.1. The summed E-state index contributed by atoms with van der Waals surface area (Å²) in [5, 5.41) is 8.09. The number of carbonyl (C=O) groups excluding carboxylic acids is 1. The van der Waals surface area contributed by atoms with Crippen LogP contribution in [0.15, 0.2) is 6.07 Å². The smallest absolute Gasteiger partial charge is 0.227 e. The zero-order valence-corrected chi connectivity index (χ0v) is 12.8. The Morgan fingerprint density at radius 3 is 2.33 bits per heavy atom. The lowest BCUT2D eigenvalue weighted by atomic mass is 9.92. The fraction of sp³-hybridized carbons (Fsp3) is 0.571. The maximum absolute atomic E-state index is 13.7. The van der Waals surface area contributed by atoms with Crippen molar-refractivity contribution in [1.82, 2.24) is 10.3 Å². The van der Waals surface area contributed by atoms with Crippen LogP contribution in [0.2, 0.25) is 0 Å². The van der Waals surface area contributed by atoms with Crippen LogP contribution in [0.1, 0.15) is 27.2 Å². The summed E-state index contributed by atoms with van der Waals surface area (Å²) in [5.41, 5.74) is -0.742. The maximum Gasteiger partial charge on any atom is 0.227 e. The first kappa shape index (κ1) is 17.1. The summed E-state index contributed by atoms with van der Waals surface area (Å²) >= 11 is 0. The van der Waals surface area contributed by atoms with E-state index in [1.54, 1.807) is 13.8 Å². The molecule has 1 aromatic heterocycles. The molecular weight excluding hydrogens is 278 g/mol. The summed E-state index contributed by atoms with van der Waals surface area (Å²) in [6.45, 7) is 6.08. The van der Waals surface area contributed by atoms with Crippen molar-refractivity contribution in [2.75, 3.05) is 30.8 Å². The van der Waals surface area contributed by atoms with E-state index >= 15 is 0 Å². The van der Waals surface area contributed by atoms with Crippen molar-refractivity contribution >= 4 is 17.5 Å². The van der Waals surface area contributed by atoms with Crippen molar-refractivity contribution < 1.29 is 13.6 Å². The van der Waals surface area contributed by atoms with E-state index < -0.39 is 17.0 Å². The molecule has 0 spiro atoms. The van der Waals surface area contributed by atoms with Crippen LogP contribution in [-0.2, 0) is 4.79 Å². The summed E-state index contributed by atoms with van der Waals surface area (Å²) in [6.07, 6.45) is 0.797. The molecule has 7 heteroatoms. The maximum atomic E-state index is 13.7. The first-order chi connectivity index (χ1) is 9.81. The van der Waals surface area contributed by atoms with E-state index in [1.807, 2.05) is 6.92 Å². The summed E-state index contributed by atoms with van der Waals surface area (Å²) in [5.74, 6) is -1.79. The van der Waals surface area contributed by atoms with Crippen LogP contribution in [0.4, 0.5) is 20.4 Å². The number of carbonyl (C=O) groups is 1. The van der Waals surface area contributed by atoms with Crippen molar-refractivity contribution in [3.63, 3.8) is 0 Å². The number of nitrogens with one attached hydrogen (secondary N) is 3. The van der Waals surface area contributed by atoms with E-state index in [2.05, 4.69) is 20.9 Å². The fourth-order valence-corrected chi connectivity index (χ4v) is 1.68. The summed E-state index contributed by atoms with van der Waals surface area (Å²) in [7, 11) is 1.54. The van der Waals surface area contributed by atoms with E-state index in [0.717, 1.165) is 12.5 Å². The first-order valence-electron chi connectivity index (χ1n) is 6.87. The molecule has 3 N–H and O–H groups in total. The highest BCUT2D eigenvalue weighted by Gasteiger charge is 2.27. The third-order valence-corrected chi connectivity index (χ3v) is 3.01. The molecule has 1 heterocycles. The fourth-order valence-electron chi connectivity index (χ4n) is 1.68. The zero-order chi connectivity index (χ0) is 16.0. The molecule has 1 amide bonds. The van der Waals surface area contributed by atoms with Crippen LogP contribution < -0.4 is 16.0 Å². The van der Waals surface area contributed by atoms with Gasteiger partial charge in [0, 0.05) is 26.2 Å². The molecule has 0 unspecified atom stereocenters. The van der Waals surface area contributed by atoms with Gasteiger partial charge in [0.2, 0.25) is 5.91 Å². The quantitative estimate of drug-likeness (QED) is 0.723. The third kappa shape index (κ3) is 4.54. The van der Waals surface area contributed by atoms with E-state index in [1.165, 1.54) is 7.05 Å². The molecule has 0 aliphatic heterocycles. The topological polar surface area (TPSA) is 66.0 Å². The largest absolute Gasteiger partial charge is 0.368 e. The molecule has 0 bridgehead atoms. The number of anilines is 2. The molecular formula is C14H22F2N4O. The molecule has 1 rings (SSSR count). The van der Waals surface area contributed by atoms with Crippen LogP contribution in [0, 0.1) is 17.0 Å². The van der Waals surface area contributed by atoms with E-state index in [4.69, 9.17) is 0 Å². The predicted octanol–water partition coefficient (Wildman–Crippen LogP) is 2.37. The number of hydrogen-bond acceptors (Lipinski definition) is 4. The second-order valence-electron chi connectivity index (χ2n) is 5.39. The van der Waals surface area contributed by atoms with E-state index in [9.17, 15) is 13.6 Å². The Labute approximate surface area is 123 Å². The van der Waals surface area contributed by atoms with Gasteiger partial charge in [0.1, 0.15) is 0 Å². The number of nitrogens with zero attached hydrogens (tertiary/aromatic N) is 1. The molecule has 0 aliphatic carbocycles. The molecule has 21 heavy (non-hydrogen) atoms. The van der Waals surface area contributed by atoms with Crippen molar-refractivity contribution in [2.45, 2.75) is 27.2 Å². The van der Waals surface area contributed by atoms with Crippen LogP contribution >= 0.6 is 0 Å². The molecule has 0 aromatic carbocycles. The van der Waals surface area contributed by atoms with Gasteiger partial charge < -0.3 is 16.0 Å². The van der Waals surface area contributed by atoms with Crippen molar-refractivity contribution in [3.05, 3.63) is 17.7 Å². The molecule has 0 aliphatic rings. The standard InChI is InChI=1S/C14H22F2N4O/c1-5-6-18-11-9(15)7-10(16)12(20-11)19-8-14(2,3)13(21)17-4/h7H,5-6,8H2,1-4H3,(H,17,21)(H2,18,19,20). The Balaban J connectivity index is 2.85. The van der Waals surface area contributed by atoms with Gasteiger partial charge in [-0.25, -0.2) is 13.8 Å². The molecule has 5 nitrogen and oxygen atoms in total. The number of amides is 1. The summed E-state index contributed by atoms with van der Waals surface area (Å²) in [6, 6.07) is 0.778. The van der Waals surface area contributed by atoms with Crippen molar-refractivity contribution in [2.24, 2.45) is 5.41 Å². The van der Waals surface area contributed by atoms with Gasteiger partial charge in [-0.05, 0) is 20.3 Å². The van der Waals surface area contributed by atoms with E-state index in [0.29, 0.717) is 6.54 Å². The monoisotopic (exact) mass is 300 g/mol. The second-order valence-corrected chi connectivity index (χ2v) is 5.39. The van der Waals surface area contributed by atoms with Gasteiger partial charge >= 0.3 is 0 Å². The Hall–Kier alpha value is -1.92. The first-order valence-corrected chi connectivity index (χ1v) is 6.87. The van der Waals surface area contributed by atoms with Crippen LogP contribution in [0.3, 0.4) is 0 Å². The number of pyridine rings is 1. The van der Waals surface area contributed by atoms with E-state index in [-0.39, 0.29) is 24.1 Å². The van der Waals surface area contributed by atoms with Crippen LogP contribution in [0.25, 0.3) is 0 Å². The number of aromatic nitrogens is 1. The Bertz CT molecular complexity index is 506. The number of halogens is 2. The highest BCUT2D eigenvalue weighted by Crippen LogP contribution is 2.21. The molecule has 1 aromatic rings. The molecule has 0 fully saturated rings. The Morgan fingerprint density at radius 2 is 1.81 bits per heavy atom. The molecule has 0 saturated carbocycles. The molecule has 118 valence electrons. The van der Waals surface area contributed by atoms with Gasteiger partial charge in [0.05, 0.1) is 5.41 Å². The van der Waals surface area contributed by atoms with Crippen molar-refractivity contribution in [3.8, 4) is 0 Å². The Kier molecular flexibility index (Phi) is 5.87. The van der Waals surface area contributed by atoms with Crippen molar-refractivity contribution in [1.29, 1.82) is 0 Å². The SMILES string of the molecule is CCCNc1nc(NCC(C)(C)C(=O)NC)c(F)cc1F. The lowest BCUT2D eigenvalue weighted by Crippen LogP contribution is -2.39. The van der Waals surface area contributed by atoms with Gasteiger partial charge in [-0.2, -0.15) is 0 Å². The lowest BCUT2D eigenvalue weighted by Gasteiger charge is -2.23. The summed E-state index contributed by atoms with van der Waals surface area (Å²) < 4.78 is 27.3. The lowest BCUT2D eigenvalue weighted by molar-refractivity contribution is -0.128.